The van der Waals surface area contributed by atoms with Crippen LogP contribution in [0.25, 0.3) is 110 Å². The molecule has 58 heavy (non-hydrogen) atoms. The molecular formula is C54H33F3O. The van der Waals surface area contributed by atoms with Crippen LogP contribution in [0.1, 0.15) is 11.1 Å². The molecule has 1 nitrogen and oxygen atoms in total. The number of fused-ring (bicyclic) bond motifs is 7. The number of rotatable bonds is 4. The standard InChI is InChI=1S/C54H33F3O/c1-32-18-20-33(21-19-32)50-41-12-4-8-16-45(41)53(46-17-9-5-13-42(46)50)36-24-28-38-47-30-35(25-29-48(47)58-49(38)31-36)52-43-14-6-2-10-39(43)51(40-11-3-7-15-44(40)52)34-22-26-37(27-23-34)54(55,56)57/h2-31H,1H3. The summed E-state index contributed by atoms with van der Waals surface area (Å²) in [7, 11) is 0. The lowest BCUT2D eigenvalue weighted by Crippen LogP contribution is -2.04. The highest BCUT2D eigenvalue weighted by Crippen LogP contribution is 2.47. The molecule has 0 N–H and O–H groups in total. The van der Waals surface area contributed by atoms with Gasteiger partial charge >= 0.3 is 6.18 Å². The second-order valence-corrected chi connectivity index (χ2v) is 15.1. The van der Waals surface area contributed by atoms with Crippen LogP contribution < -0.4 is 0 Å². The third-order valence-electron chi connectivity index (χ3n) is 11.8. The van der Waals surface area contributed by atoms with Crippen LogP contribution in [0.2, 0.25) is 0 Å². The number of hydrogen-bond donors (Lipinski definition) is 0. The van der Waals surface area contributed by atoms with E-state index in [0.29, 0.717) is 0 Å². The van der Waals surface area contributed by atoms with Crippen molar-refractivity contribution >= 4 is 65.0 Å². The van der Waals surface area contributed by atoms with Gasteiger partial charge in [0.25, 0.3) is 0 Å². The van der Waals surface area contributed by atoms with Crippen LogP contribution >= 0.6 is 0 Å². The summed E-state index contributed by atoms with van der Waals surface area (Å²) in [5, 5.41) is 10.8. The Labute approximate surface area is 332 Å². The van der Waals surface area contributed by atoms with E-state index in [1.54, 1.807) is 12.1 Å². The van der Waals surface area contributed by atoms with Gasteiger partial charge in [-0.25, -0.2) is 0 Å². The molecule has 276 valence electrons. The van der Waals surface area contributed by atoms with E-state index >= 15 is 0 Å². The average molecular weight is 755 g/mol. The first-order valence-corrected chi connectivity index (χ1v) is 19.4. The molecule has 0 aliphatic rings. The fourth-order valence-corrected chi connectivity index (χ4v) is 9.14. The minimum Gasteiger partial charge on any atom is -0.456 e. The lowest BCUT2D eigenvalue weighted by atomic mass is 9.85. The highest BCUT2D eigenvalue weighted by Gasteiger charge is 2.30. The monoisotopic (exact) mass is 754 g/mol. The van der Waals surface area contributed by atoms with Gasteiger partial charge in [0, 0.05) is 10.8 Å². The van der Waals surface area contributed by atoms with Crippen LogP contribution in [0.4, 0.5) is 13.2 Å². The quantitative estimate of drug-likeness (QED) is 0.163. The Balaban J connectivity index is 1.09. The second kappa shape index (κ2) is 12.9. The SMILES string of the molecule is Cc1ccc(-c2c3ccccc3c(-c3ccc4c(c3)oc3ccc(-c5c6ccccc6c(-c6ccc(C(F)(F)F)cc6)c6ccccc56)cc34)c3ccccc23)cc1. The maximum atomic E-state index is 13.5. The molecule has 11 aromatic rings. The fourth-order valence-electron chi connectivity index (χ4n) is 9.14. The molecular weight excluding hydrogens is 722 g/mol. The van der Waals surface area contributed by atoms with Gasteiger partial charge < -0.3 is 4.42 Å². The summed E-state index contributed by atoms with van der Waals surface area (Å²) in [5.41, 5.74) is 10.6. The Morgan fingerprint density at radius 1 is 0.328 bits per heavy atom. The summed E-state index contributed by atoms with van der Waals surface area (Å²) >= 11 is 0. The number of benzene rings is 10. The first-order chi connectivity index (χ1) is 28.3. The maximum Gasteiger partial charge on any atom is 0.416 e. The van der Waals surface area contributed by atoms with Gasteiger partial charge in [0.15, 0.2) is 0 Å². The smallest absolute Gasteiger partial charge is 0.416 e. The van der Waals surface area contributed by atoms with Gasteiger partial charge in [0.05, 0.1) is 5.56 Å². The topological polar surface area (TPSA) is 13.1 Å². The van der Waals surface area contributed by atoms with Crippen LogP contribution in [0.15, 0.2) is 186 Å². The van der Waals surface area contributed by atoms with Crippen molar-refractivity contribution in [1.29, 1.82) is 0 Å². The number of hydrogen-bond acceptors (Lipinski definition) is 1. The summed E-state index contributed by atoms with van der Waals surface area (Å²) in [4.78, 5) is 0. The molecule has 0 spiro atoms. The molecule has 0 radical (unpaired) electrons. The Morgan fingerprint density at radius 2 is 0.690 bits per heavy atom. The number of aryl methyl sites for hydroxylation is 1. The lowest BCUT2D eigenvalue weighted by Gasteiger charge is -2.18. The van der Waals surface area contributed by atoms with Crippen molar-refractivity contribution < 1.29 is 17.6 Å². The third kappa shape index (κ3) is 5.33. The van der Waals surface area contributed by atoms with Crippen molar-refractivity contribution in [1.82, 2.24) is 0 Å². The molecule has 0 unspecified atom stereocenters. The van der Waals surface area contributed by atoms with Crippen LogP contribution in [0, 0.1) is 6.92 Å². The van der Waals surface area contributed by atoms with E-state index < -0.39 is 11.7 Å². The van der Waals surface area contributed by atoms with E-state index in [9.17, 15) is 13.2 Å². The van der Waals surface area contributed by atoms with E-state index in [0.717, 1.165) is 71.3 Å². The lowest BCUT2D eigenvalue weighted by molar-refractivity contribution is -0.137. The summed E-state index contributed by atoms with van der Waals surface area (Å²) in [6.07, 6.45) is -4.40. The molecule has 0 fully saturated rings. The molecule has 0 saturated carbocycles. The Hall–Kier alpha value is -7.17. The predicted octanol–water partition coefficient (Wildman–Crippen LogP) is 16.2. The third-order valence-corrected chi connectivity index (χ3v) is 11.8. The van der Waals surface area contributed by atoms with Crippen molar-refractivity contribution in [3.8, 4) is 44.5 Å². The number of alkyl halides is 3. The molecule has 1 aromatic heterocycles. The molecule has 0 bridgehead atoms. The predicted molar refractivity (Wildman–Crippen MR) is 235 cm³/mol. The van der Waals surface area contributed by atoms with Gasteiger partial charge in [0.1, 0.15) is 11.2 Å². The Bertz CT molecular complexity index is 3310. The normalized spacial score (nSPS) is 12.1. The zero-order chi connectivity index (χ0) is 39.1. The van der Waals surface area contributed by atoms with Gasteiger partial charge in [-0.15, -0.1) is 0 Å². The van der Waals surface area contributed by atoms with Gasteiger partial charge in [-0.3, -0.25) is 0 Å². The first kappa shape index (κ1) is 34.1. The highest BCUT2D eigenvalue weighted by atomic mass is 19.4. The highest BCUT2D eigenvalue weighted by molar-refractivity contribution is 6.24. The zero-order valence-corrected chi connectivity index (χ0v) is 31.4. The molecule has 0 amide bonds. The van der Waals surface area contributed by atoms with E-state index in [1.807, 2.05) is 24.3 Å². The summed E-state index contributed by atoms with van der Waals surface area (Å²) < 4.78 is 47.2. The summed E-state index contributed by atoms with van der Waals surface area (Å²) in [6, 6.07) is 61.0. The minimum atomic E-state index is -4.40. The van der Waals surface area contributed by atoms with Crippen LogP contribution in [0.5, 0.6) is 0 Å². The molecule has 0 saturated heterocycles. The first-order valence-electron chi connectivity index (χ1n) is 19.4. The fraction of sp³-hybridized carbons (Fsp3) is 0.0370. The van der Waals surface area contributed by atoms with Crippen LogP contribution in [0.3, 0.4) is 0 Å². The van der Waals surface area contributed by atoms with Crippen molar-refractivity contribution in [3.05, 3.63) is 193 Å². The molecule has 0 aliphatic heterocycles. The van der Waals surface area contributed by atoms with Crippen LogP contribution in [-0.4, -0.2) is 0 Å². The van der Waals surface area contributed by atoms with E-state index in [1.165, 1.54) is 55.9 Å². The largest absolute Gasteiger partial charge is 0.456 e. The van der Waals surface area contributed by atoms with Crippen LogP contribution in [-0.2, 0) is 6.18 Å². The molecule has 1 heterocycles. The van der Waals surface area contributed by atoms with E-state index in [4.69, 9.17) is 4.42 Å². The van der Waals surface area contributed by atoms with Gasteiger partial charge in [-0.05, 0) is 131 Å². The van der Waals surface area contributed by atoms with E-state index in [-0.39, 0.29) is 0 Å². The van der Waals surface area contributed by atoms with E-state index in [2.05, 4.69) is 140 Å². The summed E-state index contributed by atoms with van der Waals surface area (Å²) in [5.74, 6) is 0. The van der Waals surface area contributed by atoms with Gasteiger partial charge in [-0.2, -0.15) is 13.2 Å². The molecule has 0 aliphatic carbocycles. The minimum absolute atomic E-state index is 0.660. The zero-order valence-electron chi connectivity index (χ0n) is 31.4. The van der Waals surface area contributed by atoms with Gasteiger partial charge in [0.2, 0.25) is 0 Å². The maximum absolute atomic E-state index is 13.5. The van der Waals surface area contributed by atoms with Gasteiger partial charge in [-0.1, -0.05) is 151 Å². The van der Waals surface area contributed by atoms with Crippen molar-refractivity contribution in [3.63, 3.8) is 0 Å². The average Bonchev–Trinajstić information content (AvgIpc) is 3.62. The Kier molecular flexibility index (Phi) is 7.61. The van der Waals surface area contributed by atoms with Crippen molar-refractivity contribution in [2.45, 2.75) is 13.1 Å². The van der Waals surface area contributed by atoms with Crippen molar-refractivity contribution in [2.24, 2.45) is 0 Å². The number of furan rings is 1. The molecule has 11 rings (SSSR count). The summed E-state index contributed by atoms with van der Waals surface area (Å²) in [6.45, 7) is 2.12. The molecule has 4 heteroatoms. The molecule has 10 aromatic carbocycles. The Morgan fingerprint density at radius 3 is 1.12 bits per heavy atom. The molecule has 0 atom stereocenters. The number of halogens is 3. The second-order valence-electron chi connectivity index (χ2n) is 15.1. The van der Waals surface area contributed by atoms with Crippen molar-refractivity contribution in [2.75, 3.05) is 0 Å².